The second kappa shape index (κ2) is 6.62. The largest absolute Gasteiger partial charge is 0.370 e. The van der Waals surface area contributed by atoms with E-state index in [0.29, 0.717) is 18.0 Å². The van der Waals surface area contributed by atoms with Crippen molar-refractivity contribution >= 4 is 33.7 Å². The molecule has 0 unspecified atom stereocenters. The van der Waals surface area contributed by atoms with Gasteiger partial charge < -0.3 is 10.6 Å². The van der Waals surface area contributed by atoms with Crippen LogP contribution in [0.2, 0.25) is 0 Å². The van der Waals surface area contributed by atoms with Crippen LogP contribution in [-0.2, 0) is 22.8 Å². The van der Waals surface area contributed by atoms with Gasteiger partial charge in [-0.25, -0.2) is 17.9 Å². The zero-order valence-corrected chi connectivity index (χ0v) is 15.2. The van der Waals surface area contributed by atoms with Gasteiger partial charge in [0.15, 0.2) is 16.4 Å². The zero-order valence-electron chi connectivity index (χ0n) is 13.6. The second-order valence-corrected chi connectivity index (χ2v) is 7.54. The SMILES string of the molecule is CNc1nn2cc3c(nc2c1S(=O)(=O)c1ccccc1)CCNC3.Cl. The molecule has 4 rings (SSSR count). The maximum Gasteiger partial charge on any atom is 0.214 e. The normalized spacial score (nSPS) is 14.0. The average Bonchev–Trinajstić information content (AvgIpc) is 2.98. The standard InChI is InChI=1S/C16H17N5O2S.ClH/c1-17-15-14(24(22,23)12-5-3-2-4-6-12)16-19-13-7-8-18-9-11(13)10-21(16)20-15;/h2-6,10,18H,7-9H2,1H3,(H,17,20);1H. The molecule has 1 aliphatic rings. The van der Waals surface area contributed by atoms with Gasteiger partial charge in [0.25, 0.3) is 0 Å². The Balaban J connectivity index is 0.00000182. The molecule has 0 radical (unpaired) electrons. The Morgan fingerprint density at radius 2 is 2.00 bits per heavy atom. The summed E-state index contributed by atoms with van der Waals surface area (Å²) in [4.78, 5) is 4.97. The lowest BCUT2D eigenvalue weighted by atomic mass is 10.1. The van der Waals surface area contributed by atoms with E-state index in [1.807, 2.05) is 6.20 Å². The molecule has 3 heterocycles. The van der Waals surface area contributed by atoms with Crippen LogP contribution >= 0.6 is 12.4 Å². The fourth-order valence-corrected chi connectivity index (χ4v) is 4.47. The fourth-order valence-electron chi connectivity index (χ4n) is 2.95. The Hall–Kier alpha value is -2.16. The number of hydrogen-bond acceptors (Lipinski definition) is 6. The highest BCUT2D eigenvalue weighted by atomic mass is 35.5. The summed E-state index contributed by atoms with van der Waals surface area (Å²) in [6.07, 6.45) is 2.63. The lowest BCUT2D eigenvalue weighted by Gasteiger charge is -2.15. The summed E-state index contributed by atoms with van der Waals surface area (Å²) in [6.45, 7) is 1.55. The van der Waals surface area contributed by atoms with E-state index in [0.717, 1.165) is 24.2 Å². The van der Waals surface area contributed by atoms with Crippen LogP contribution in [0.15, 0.2) is 46.3 Å². The van der Waals surface area contributed by atoms with E-state index in [9.17, 15) is 8.42 Å². The number of hydrogen-bond donors (Lipinski definition) is 2. The predicted octanol–water partition coefficient (Wildman–Crippen LogP) is 1.67. The van der Waals surface area contributed by atoms with Crippen LogP contribution in [0, 0.1) is 0 Å². The van der Waals surface area contributed by atoms with Gasteiger partial charge in [-0.3, -0.25) is 0 Å². The summed E-state index contributed by atoms with van der Waals surface area (Å²) in [7, 11) is -2.06. The molecule has 25 heavy (non-hydrogen) atoms. The van der Waals surface area contributed by atoms with Crippen LogP contribution in [0.3, 0.4) is 0 Å². The first kappa shape index (κ1) is 17.7. The minimum atomic E-state index is -3.72. The van der Waals surface area contributed by atoms with E-state index in [1.54, 1.807) is 41.9 Å². The van der Waals surface area contributed by atoms with Crippen molar-refractivity contribution in [1.29, 1.82) is 0 Å². The van der Waals surface area contributed by atoms with Crippen LogP contribution in [0.5, 0.6) is 0 Å². The number of nitrogens with one attached hydrogen (secondary N) is 2. The van der Waals surface area contributed by atoms with E-state index in [4.69, 9.17) is 0 Å². The first-order valence-electron chi connectivity index (χ1n) is 7.71. The summed E-state index contributed by atoms with van der Waals surface area (Å²) in [5, 5.41) is 10.5. The number of rotatable bonds is 3. The van der Waals surface area contributed by atoms with E-state index in [-0.39, 0.29) is 22.2 Å². The van der Waals surface area contributed by atoms with Gasteiger partial charge in [0, 0.05) is 38.3 Å². The van der Waals surface area contributed by atoms with Gasteiger partial charge in [-0.15, -0.1) is 17.5 Å². The van der Waals surface area contributed by atoms with Gasteiger partial charge in [0.2, 0.25) is 9.84 Å². The van der Waals surface area contributed by atoms with Crippen LogP contribution in [0.1, 0.15) is 11.3 Å². The van der Waals surface area contributed by atoms with E-state index in [1.165, 1.54) is 0 Å². The number of halogens is 1. The Morgan fingerprint density at radius 3 is 2.72 bits per heavy atom. The number of aromatic nitrogens is 3. The van der Waals surface area contributed by atoms with Crippen LogP contribution < -0.4 is 10.6 Å². The van der Waals surface area contributed by atoms with Gasteiger partial charge >= 0.3 is 0 Å². The van der Waals surface area contributed by atoms with E-state index in [2.05, 4.69) is 20.7 Å². The molecule has 0 fully saturated rings. The fraction of sp³-hybridized carbons (Fsp3) is 0.250. The quantitative estimate of drug-likeness (QED) is 0.719. The number of nitrogens with zero attached hydrogens (tertiary/aromatic N) is 3. The van der Waals surface area contributed by atoms with Crippen molar-refractivity contribution in [3.8, 4) is 0 Å². The molecule has 0 amide bonds. The highest BCUT2D eigenvalue weighted by Gasteiger charge is 2.29. The highest BCUT2D eigenvalue weighted by Crippen LogP contribution is 2.31. The number of sulfone groups is 1. The smallest absolute Gasteiger partial charge is 0.214 e. The summed E-state index contributed by atoms with van der Waals surface area (Å²) in [5.74, 6) is 0.307. The average molecular weight is 380 g/mol. The molecule has 0 bridgehead atoms. The molecule has 0 atom stereocenters. The maximum absolute atomic E-state index is 13.1. The van der Waals surface area contributed by atoms with Gasteiger partial charge in [-0.1, -0.05) is 18.2 Å². The number of fused-ring (bicyclic) bond motifs is 2. The third-order valence-electron chi connectivity index (χ3n) is 4.15. The molecule has 9 heteroatoms. The Bertz CT molecular complexity index is 1020. The Morgan fingerprint density at radius 1 is 1.24 bits per heavy atom. The van der Waals surface area contributed by atoms with Crippen molar-refractivity contribution in [2.75, 3.05) is 18.9 Å². The minimum Gasteiger partial charge on any atom is -0.370 e. The van der Waals surface area contributed by atoms with Crippen molar-refractivity contribution in [3.63, 3.8) is 0 Å². The van der Waals surface area contributed by atoms with Gasteiger partial charge in [-0.2, -0.15) is 0 Å². The lowest BCUT2D eigenvalue weighted by Crippen LogP contribution is -2.25. The third kappa shape index (κ3) is 2.86. The van der Waals surface area contributed by atoms with Crippen molar-refractivity contribution in [2.45, 2.75) is 22.8 Å². The summed E-state index contributed by atoms with van der Waals surface area (Å²) < 4.78 is 27.8. The van der Waals surface area contributed by atoms with Gasteiger partial charge in [0.05, 0.1) is 10.6 Å². The summed E-state index contributed by atoms with van der Waals surface area (Å²) in [6, 6.07) is 8.37. The lowest BCUT2D eigenvalue weighted by molar-refractivity contribution is 0.596. The molecule has 132 valence electrons. The highest BCUT2D eigenvalue weighted by molar-refractivity contribution is 7.91. The molecule has 0 saturated heterocycles. The molecule has 3 aromatic rings. The molecule has 7 nitrogen and oxygen atoms in total. The molecule has 0 aliphatic carbocycles. The molecule has 1 aliphatic heterocycles. The molecule has 2 aromatic heterocycles. The second-order valence-electron chi connectivity index (χ2n) is 5.65. The monoisotopic (exact) mass is 379 g/mol. The third-order valence-corrected chi connectivity index (χ3v) is 5.95. The molecule has 2 N–H and O–H groups in total. The van der Waals surface area contributed by atoms with Crippen molar-refractivity contribution in [3.05, 3.63) is 47.8 Å². The first-order valence-corrected chi connectivity index (χ1v) is 9.19. The minimum absolute atomic E-state index is 0. The summed E-state index contributed by atoms with van der Waals surface area (Å²) >= 11 is 0. The Labute approximate surface area is 151 Å². The predicted molar refractivity (Wildman–Crippen MR) is 97.1 cm³/mol. The molecule has 1 aromatic carbocycles. The van der Waals surface area contributed by atoms with Gasteiger partial charge in [-0.05, 0) is 12.1 Å². The topological polar surface area (TPSA) is 88.4 Å². The molecule has 0 spiro atoms. The molecular formula is C16H18ClN5O2S. The molecular weight excluding hydrogens is 362 g/mol. The molecule has 0 saturated carbocycles. The van der Waals surface area contributed by atoms with Crippen LogP contribution in [0.4, 0.5) is 5.82 Å². The van der Waals surface area contributed by atoms with Crippen LogP contribution in [0.25, 0.3) is 5.65 Å². The van der Waals surface area contributed by atoms with Gasteiger partial charge in [0.1, 0.15) is 0 Å². The zero-order chi connectivity index (χ0) is 16.7. The van der Waals surface area contributed by atoms with Crippen molar-refractivity contribution in [1.82, 2.24) is 19.9 Å². The number of anilines is 1. The first-order chi connectivity index (χ1) is 11.6. The Kier molecular flexibility index (Phi) is 4.68. The number of benzene rings is 1. The van der Waals surface area contributed by atoms with Crippen LogP contribution in [-0.4, -0.2) is 36.6 Å². The van der Waals surface area contributed by atoms with Crippen molar-refractivity contribution in [2.24, 2.45) is 0 Å². The van der Waals surface area contributed by atoms with E-state index < -0.39 is 9.84 Å². The van der Waals surface area contributed by atoms with Crippen molar-refractivity contribution < 1.29 is 8.42 Å². The maximum atomic E-state index is 13.1. The van der Waals surface area contributed by atoms with E-state index >= 15 is 0 Å². The summed E-state index contributed by atoms with van der Waals surface area (Å²) in [5.41, 5.74) is 2.33.